The summed E-state index contributed by atoms with van der Waals surface area (Å²) in [6.45, 7) is 4.67. The van der Waals surface area contributed by atoms with Crippen LogP contribution in [0.25, 0.3) is 0 Å². The monoisotopic (exact) mass is 321 g/mol. The molecule has 0 aromatic heterocycles. The molecule has 0 aromatic rings. The van der Waals surface area contributed by atoms with Gasteiger partial charge in [0, 0.05) is 18.7 Å². The van der Waals surface area contributed by atoms with E-state index in [0.29, 0.717) is 5.33 Å². The highest BCUT2D eigenvalue weighted by molar-refractivity contribution is 9.09. The Morgan fingerprint density at radius 2 is 2.17 bits per heavy atom. The van der Waals surface area contributed by atoms with Crippen LogP contribution in [0.1, 0.15) is 27.2 Å². The van der Waals surface area contributed by atoms with Crippen LogP contribution in [0, 0.1) is 0 Å². The summed E-state index contributed by atoms with van der Waals surface area (Å²) >= 11 is 3.22. The number of carbonyl (C=O) groups excluding carboxylic acids is 3. The number of hydrogen-bond acceptors (Lipinski definition) is 5. The molecular weight excluding hydrogens is 306 g/mol. The first kappa shape index (κ1) is 14.9. The predicted molar refractivity (Wildman–Crippen MR) is 66.1 cm³/mol. The summed E-state index contributed by atoms with van der Waals surface area (Å²) in [5.41, 5.74) is -2.57. The van der Waals surface area contributed by atoms with Crippen molar-refractivity contribution in [2.45, 2.75) is 38.3 Å². The molecule has 0 bridgehead atoms. The Bertz CT molecular complexity index is 376. The Morgan fingerprint density at radius 3 is 2.56 bits per heavy atom. The van der Waals surface area contributed by atoms with Crippen LogP contribution in [0.2, 0.25) is 0 Å². The van der Waals surface area contributed by atoms with Crippen molar-refractivity contribution in [2.24, 2.45) is 0 Å². The molecule has 0 radical (unpaired) electrons. The SMILES string of the molecule is CCOC(=O)C1(NC(C)=O)CC(C)(CBr)OC1=O. The smallest absolute Gasteiger partial charge is 0.344 e. The van der Waals surface area contributed by atoms with Crippen molar-refractivity contribution in [1.82, 2.24) is 5.32 Å². The van der Waals surface area contributed by atoms with Crippen molar-refractivity contribution in [3.8, 4) is 0 Å². The zero-order chi connectivity index (χ0) is 14.0. The third-order valence-corrected chi connectivity index (χ3v) is 3.81. The van der Waals surface area contributed by atoms with Gasteiger partial charge in [-0.3, -0.25) is 4.79 Å². The molecule has 0 aliphatic carbocycles. The molecule has 6 nitrogen and oxygen atoms in total. The van der Waals surface area contributed by atoms with E-state index in [1.807, 2.05) is 0 Å². The van der Waals surface area contributed by atoms with Gasteiger partial charge in [0.1, 0.15) is 5.60 Å². The first-order valence-corrected chi connectivity index (χ1v) is 6.67. The number of hydrogen-bond donors (Lipinski definition) is 1. The highest BCUT2D eigenvalue weighted by Crippen LogP contribution is 2.36. The third kappa shape index (κ3) is 2.66. The Kier molecular flexibility index (Phi) is 4.37. The van der Waals surface area contributed by atoms with E-state index in [9.17, 15) is 14.4 Å². The Morgan fingerprint density at radius 1 is 1.56 bits per heavy atom. The molecule has 7 heteroatoms. The fraction of sp³-hybridized carbons (Fsp3) is 0.727. The first-order valence-electron chi connectivity index (χ1n) is 5.55. The van der Waals surface area contributed by atoms with Gasteiger partial charge in [0.25, 0.3) is 0 Å². The van der Waals surface area contributed by atoms with Gasteiger partial charge in [0.2, 0.25) is 11.4 Å². The van der Waals surface area contributed by atoms with Crippen LogP contribution in [0.5, 0.6) is 0 Å². The Labute approximate surface area is 114 Å². The summed E-state index contributed by atoms with van der Waals surface area (Å²) in [5, 5.41) is 2.74. The van der Waals surface area contributed by atoms with Gasteiger partial charge in [-0.2, -0.15) is 0 Å². The van der Waals surface area contributed by atoms with Crippen LogP contribution >= 0.6 is 15.9 Å². The van der Waals surface area contributed by atoms with Crippen LogP contribution < -0.4 is 5.32 Å². The van der Waals surface area contributed by atoms with Crippen LogP contribution in [0.3, 0.4) is 0 Å². The van der Waals surface area contributed by atoms with Gasteiger partial charge >= 0.3 is 11.9 Å². The zero-order valence-corrected chi connectivity index (χ0v) is 12.1. The summed E-state index contributed by atoms with van der Waals surface area (Å²) in [7, 11) is 0. The number of cyclic esters (lactones) is 1. The highest BCUT2D eigenvalue weighted by Gasteiger charge is 2.61. The normalized spacial score (nSPS) is 30.8. The van der Waals surface area contributed by atoms with Crippen molar-refractivity contribution in [2.75, 3.05) is 11.9 Å². The fourth-order valence-electron chi connectivity index (χ4n) is 1.91. The average Bonchev–Trinajstić information content (AvgIpc) is 2.52. The molecule has 18 heavy (non-hydrogen) atoms. The third-order valence-electron chi connectivity index (χ3n) is 2.62. The molecule has 0 aromatic carbocycles. The van der Waals surface area contributed by atoms with Crippen molar-refractivity contribution >= 4 is 33.8 Å². The van der Waals surface area contributed by atoms with Gasteiger partial charge in [-0.1, -0.05) is 15.9 Å². The van der Waals surface area contributed by atoms with Crippen molar-refractivity contribution < 1.29 is 23.9 Å². The van der Waals surface area contributed by atoms with Crippen LogP contribution in [0.4, 0.5) is 0 Å². The second-order valence-electron chi connectivity index (χ2n) is 4.46. The van der Waals surface area contributed by atoms with Gasteiger partial charge in [0.15, 0.2) is 0 Å². The molecule has 1 N–H and O–H groups in total. The molecule has 1 rings (SSSR count). The maximum absolute atomic E-state index is 12.0. The molecule has 2 unspecified atom stereocenters. The number of esters is 2. The van der Waals surface area contributed by atoms with Crippen LogP contribution in [0.15, 0.2) is 0 Å². The molecular formula is C11H16BrNO5. The molecule has 1 saturated heterocycles. The van der Waals surface area contributed by atoms with Gasteiger partial charge in [-0.05, 0) is 13.8 Å². The number of nitrogens with one attached hydrogen (secondary N) is 1. The number of halogens is 1. The number of ether oxygens (including phenoxy) is 2. The highest BCUT2D eigenvalue weighted by atomic mass is 79.9. The lowest BCUT2D eigenvalue weighted by atomic mass is 9.89. The quantitative estimate of drug-likeness (QED) is 0.464. The average molecular weight is 322 g/mol. The minimum atomic E-state index is -1.73. The molecule has 0 saturated carbocycles. The number of rotatable bonds is 4. The van der Waals surface area contributed by atoms with Crippen molar-refractivity contribution in [1.29, 1.82) is 0 Å². The standard InChI is InChI=1S/C11H16BrNO5/c1-4-17-8(15)11(13-7(2)14)5-10(3,6-12)18-9(11)16/h4-6H2,1-3H3,(H,13,14). The van der Waals surface area contributed by atoms with E-state index in [4.69, 9.17) is 9.47 Å². The van der Waals surface area contributed by atoms with E-state index in [2.05, 4.69) is 21.2 Å². The number of carbonyl (C=O) groups is 3. The second-order valence-corrected chi connectivity index (χ2v) is 5.02. The second kappa shape index (κ2) is 5.26. The van der Waals surface area contributed by atoms with Gasteiger partial charge in [0.05, 0.1) is 6.61 Å². The molecule has 1 fully saturated rings. The van der Waals surface area contributed by atoms with Crippen molar-refractivity contribution in [3.63, 3.8) is 0 Å². The van der Waals surface area contributed by atoms with E-state index in [1.54, 1.807) is 13.8 Å². The van der Waals surface area contributed by atoms with Gasteiger partial charge in [-0.15, -0.1) is 0 Å². The largest absolute Gasteiger partial charge is 0.464 e. The summed E-state index contributed by atoms with van der Waals surface area (Å²) in [5.74, 6) is -2.05. The maximum atomic E-state index is 12.0. The molecule has 1 aliphatic heterocycles. The van der Waals surface area contributed by atoms with E-state index >= 15 is 0 Å². The molecule has 2 atom stereocenters. The van der Waals surface area contributed by atoms with E-state index < -0.39 is 29.0 Å². The minimum Gasteiger partial charge on any atom is -0.464 e. The Balaban J connectivity index is 3.10. The number of alkyl halides is 1. The predicted octanol–water partition coefficient (Wildman–Crippen LogP) is 0.525. The van der Waals surface area contributed by atoms with Crippen LogP contribution in [-0.4, -0.2) is 40.9 Å². The molecule has 0 spiro atoms. The summed E-state index contributed by atoms with van der Waals surface area (Å²) < 4.78 is 10.0. The molecule has 102 valence electrons. The zero-order valence-electron chi connectivity index (χ0n) is 10.5. The van der Waals surface area contributed by atoms with E-state index in [-0.39, 0.29) is 13.0 Å². The summed E-state index contributed by atoms with van der Waals surface area (Å²) in [6, 6.07) is 0. The molecule has 1 amide bonds. The van der Waals surface area contributed by atoms with Crippen LogP contribution in [-0.2, 0) is 23.9 Å². The van der Waals surface area contributed by atoms with Crippen molar-refractivity contribution in [3.05, 3.63) is 0 Å². The minimum absolute atomic E-state index is 0.0441. The Hall–Kier alpha value is -1.11. The van der Waals surface area contributed by atoms with E-state index in [0.717, 1.165) is 0 Å². The molecule has 1 aliphatic rings. The lowest BCUT2D eigenvalue weighted by Crippen LogP contribution is -2.58. The number of amides is 1. The summed E-state index contributed by atoms with van der Waals surface area (Å²) in [4.78, 5) is 35.1. The fourth-order valence-corrected chi connectivity index (χ4v) is 2.22. The molecule has 1 heterocycles. The van der Waals surface area contributed by atoms with Gasteiger partial charge in [-0.25, -0.2) is 9.59 Å². The lowest BCUT2D eigenvalue weighted by Gasteiger charge is -2.24. The maximum Gasteiger partial charge on any atom is 0.344 e. The van der Waals surface area contributed by atoms with E-state index in [1.165, 1.54) is 6.92 Å². The topological polar surface area (TPSA) is 81.7 Å². The summed E-state index contributed by atoms with van der Waals surface area (Å²) in [6.07, 6.45) is 0.0441. The first-order chi connectivity index (χ1) is 8.29. The van der Waals surface area contributed by atoms with Gasteiger partial charge < -0.3 is 14.8 Å². The lowest BCUT2D eigenvalue weighted by molar-refractivity contribution is -0.162.